The molecule has 5 heteroatoms. The van der Waals surface area contributed by atoms with Crippen LogP contribution in [-0.2, 0) is 11.3 Å². The van der Waals surface area contributed by atoms with Crippen LogP contribution >= 0.6 is 0 Å². The molecule has 1 aromatic rings. The molecule has 0 unspecified atom stereocenters. The monoisotopic (exact) mass is 214 g/mol. The average Bonchev–Trinajstić information content (AvgIpc) is 2.22. The van der Waals surface area contributed by atoms with Crippen molar-refractivity contribution in [3.63, 3.8) is 0 Å². The Morgan fingerprint density at radius 2 is 2.13 bits per heavy atom. The number of nitrogens with two attached hydrogens (primary N) is 1. The summed E-state index contributed by atoms with van der Waals surface area (Å²) < 4.78 is 25.9. The van der Waals surface area contributed by atoms with E-state index in [1.54, 1.807) is 0 Å². The van der Waals surface area contributed by atoms with Gasteiger partial charge in [0.25, 0.3) is 0 Å². The molecule has 0 atom stereocenters. The highest BCUT2D eigenvalue weighted by molar-refractivity contribution is 5.77. The lowest BCUT2D eigenvalue weighted by Crippen LogP contribution is -2.32. The molecule has 1 rings (SSSR count). The molecule has 3 nitrogen and oxygen atoms in total. The van der Waals surface area contributed by atoms with Crippen molar-refractivity contribution in [3.05, 3.63) is 35.4 Å². The predicted molar refractivity (Wildman–Crippen MR) is 51.9 cm³/mol. The lowest BCUT2D eigenvalue weighted by atomic mass is 10.2. The molecule has 0 aliphatic heterocycles. The Labute approximate surface area is 86.5 Å². The van der Waals surface area contributed by atoms with Gasteiger partial charge in [-0.3, -0.25) is 4.79 Å². The third-order valence-corrected chi connectivity index (χ3v) is 2.02. The second-order valence-electron chi connectivity index (χ2n) is 3.19. The first kappa shape index (κ1) is 11.6. The van der Waals surface area contributed by atoms with E-state index < -0.39 is 11.6 Å². The first-order valence-electron chi connectivity index (χ1n) is 4.42. The number of nitrogens with zero attached hydrogens (tertiary/aromatic N) is 1. The Hall–Kier alpha value is -1.49. The first-order valence-corrected chi connectivity index (χ1v) is 4.42. The minimum Gasteiger partial charge on any atom is -0.340 e. The quantitative estimate of drug-likeness (QED) is 0.812. The zero-order valence-electron chi connectivity index (χ0n) is 8.34. The highest BCUT2D eigenvalue weighted by Gasteiger charge is 2.10. The highest BCUT2D eigenvalue weighted by Crippen LogP contribution is 2.11. The number of hydrogen-bond acceptors (Lipinski definition) is 2. The summed E-state index contributed by atoms with van der Waals surface area (Å²) >= 11 is 0. The van der Waals surface area contributed by atoms with Gasteiger partial charge in [-0.25, -0.2) is 8.78 Å². The molecular weight excluding hydrogens is 202 g/mol. The second kappa shape index (κ2) is 4.84. The van der Waals surface area contributed by atoms with E-state index in [4.69, 9.17) is 5.73 Å². The normalized spacial score (nSPS) is 10.1. The fourth-order valence-electron chi connectivity index (χ4n) is 1.16. The molecule has 0 heterocycles. The van der Waals surface area contributed by atoms with Crippen molar-refractivity contribution in [1.82, 2.24) is 4.90 Å². The fourth-order valence-corrected chi connectivity index (χ4v) is 1.16. The third-order valence-electron chi connectivity index (χ3n) is 2.02. The van der Waals surface area contributed by atoms with Crippen molar-refractivity contribution < 1.29 is 13.6 Å². The van der Waals surface area contributed by atoms with Gasteiger partial charge in [0.15, 0.2) is 0 Å². The van der Waals surface area contributed by atoms with Crippen LogP contribution in [0.4, 0.5) is 8.78 Å². The smallest absolute Gasteiger partial charge is 0.236 e. The summed E-state index contributed by atoms with van der Waals surface area (Å²) in [5.74, 6) is -1.38. The summed E-state index contributed by atoms with van der Waals surface area (Å²) in [5.41, 5.74) is 5.27. The zero-order chi connectivity index (χ0) is 11.4. The van der Waals surface area contributed by atoms with Crippen molar-refractivity contribution in [2.75, 3.05) is 13.6 Å². The molecule has 0 aliphatic carbocycles. The molecule has 0 saturated carbocycles. The summed E-state index contributed by atoms with van der Waals surface area (Å²) in [7, 11) is 1.49. The molecule has 15 heavy (non-hydrogen) atoms. The summed E-state index contributed by atoms with van der Waals surface area (Å²) in [6, 6.07) is 3.13. The van der Waals surface area contributed by atoms with Gasteiger partial charge in [0.2, 0.25) is 5.91 Å². The topological polar surface area (TPSA) is 46.3 Å². The molecule has 1 amide bonds. The van der Waals surface area contributed by atoms with E-state index >= 15 is 0 Å². The Morgan fingerprint density at radius 3 is 2.73 bits per heavy atom. The van der Waals surface area contributed by atoms with Crippen LogP contribution in [0.2, 0.25) is 0 Å². The standard InChI is InChI=1S/C10H12F2N2O/c1-14(10(15)5-13)6-7-4-8(11)2-3-9(7)12/h2-4H,5-6,13H2,1H3. The van der Waals surface area contributed by atoms with E-state index in [1.807, 2.05) is 0 Å². The molecule has 0 bridgehead atoms. The molecule has 0 spiro atoms. The molecule has 82 valence electrons. The average molecular weight is 214 g/mol. The van der Waals surface area contributed by atoms with Gasteiger partial charge in [-0.15, -0.1) is 0 Å². The zero-order valence-corrected chi connectivity index (χ0v) is 8.34. The van der Waals surface area contributed by atoms with E-state index in [1.165, 1.54) is 11.9 Å². The number of hydrogen-bond donors (Lipinski definition) is 1. The van der Waals surface area contributed by atoms with E-state index in [-0.39, 0.29) is 24.6 Å². The number of amides is 1. The van der Waals surface area contributed by atoms with E-state index in [9.17, 15) is 13.6 Å². The number of carbonyl (C=O) groups excluding carboxylic acids is 1. The van der Waals surface area contributed by atoms with Crippen LogP contribution in [-0.4, -0.2) is 24.4 Å². The SMILES string of the molecule is CN(Cc1cc(F)ccc1F)C(=O)CN. The minimum atomic E-state index is -0.534. The number of rotatable bonds is 3. The maximum atomic E-state index is 13.2. The summed E-state index contributed by atoms with van der Waals surface area (Å²) in [5, 5.41) is 0. The van der Waals surface area contributed by atoms with Gasteiger partial charge in [-0.2, -0.15) is 0 Å². The van der Waals surface area contributed by atoms with Crippen molar-refractivity contribution in [2.45, 2.75) is 6.54 Å². The highest BCUT2D eigenvalue weighted by atomic mass is 19.1. The van der Waals surface area contributed by atoms with Gasteiger partial charge in [0.1, 0.15) is 11.6 Å². The third kappa shape index (κ3) is 2.99. The number of benzene rings is 1. The molecular formula is C10H12F2N2O. The Balaban J connectivity index is 2.80. The van der Waals surface area contributed by atoms with Crippen molar-refractivity contribution >= 4 is 5.91 Å². The molecule has 0 radical (unpaired) electrons. The van der Waals surface area contributed by atoms with Crippen LogP contribution < -0.4 is 5.73 Å². The molecule has 0 saturated heterocycles. The van der Waals surface area contributed by atoms with Crippen molar-refractivity contribution in [1.29, 1.82) is 0 Å². The van der Waals surface area contributed by atoms with Gasteiger partial charge in [-0.1, -0.05) is 0 Å². The van der Waals surface area contributed by atoms with Crippen LogP contribution in [0, 0.1) is 11.6 Å². The molecule has 0 aliphatic rings. The van der Waals surface area contributed by atoms with Gasteiger partial charge in [-0.05, 0) is 18.2 Å². The maximum Gasteiger partial charge on any atom is 0.236 e. The lowest BCUT2D eigenvalue weighted by molar-refractivity contribution is -0.128. The van der Waals surface area contributed by atoms with E-state index in [0.717, 1.165) is 18.2 Å². The van der Waals surface area contributed by atoms with Crippen LogP contribution in [0.3, 0.4) is 0 Å². The van der Waals surface area contributed by atoms with Crippen LogP contribution in [0.25, 0.3) is 0 Å². The van der Waals surface area contributed by atoms with Crippen LogP contribution in [0.1, 0.15) is 5.56 Å². The Kier molecular flexibility index (Phi) is 3.74. The largest absolute Gasteiger partial charge is 0.340 e. The van der Waals surface area contributed by atoms with E-state index in [2.05, 4.69) is 0 Å². The Bertz CT molecular complexity index is 368. The number of likely N-dealkylation sites (N-methyl/N-ethyl adjacent to an activating group) is 1. The number of carbonyl (C=O) groups is 1. The first-order chi connectivity index (χ1) is 7.04. The molecule has 0 fully saturated rings. The summed E-state index contributed by atoms with van der Waals surface area (Å²) in [4.78, 5) is 12.3. The Morgan fingerprint density at radius 1 is 1.47 bits per heavy atom. The van der Waals surface area contributed by atoms with Gasteiger partial charge in [0.05, 0.1) is 6.54 Å². The van der Waals surface area contributed by atoms with Gasteiger partial charge < -0.3 is 10.6 Å². The maximum absolute atomic E-state index is 13.2. The van der Waals surface area contributed by atoms with Crippen molar-refractivity contribution in [3.8, 4) is 0 Å². The minimum absolute atomic E-state index is 0.0135. The van der Waals surface area contributed by atoms with Gasteiger partial charge in [0, 0.05) is 19.2 Å². The summed E-state index contributed by atoms with van der Waals surface area (Å²) in [6.45, 7) is -0.132. The molecule has 2 N–H and O–H groups in total. The fraction of sp³-hybridized carbons (Fsp3) is 0.300. The number of halogens is 2. The molecule has 1 aromatic carbocycles. The van der Waals surface area contributed by atoms with Crippen molar-refractivity contribution in [2.24, 2.45) is 5.73 Å². The van der Waals surface area contributed by atoms with Crippen LogP contribution in [0.15, 0.2) is 18.2 Å². The van der Waals surface area contributed by atoms with Gasteiger partial charge >= 0.3 is 0 Å². The predicted octanol–water partition coefficient (Wildman–Crippen LogP) is 0.882. The van der Waals surface area contributed by atoms with Crippen LogP contribution in [0.5, 0.6) is 0 Å². The lowest BCUT2D eigenvalue weighted by Gasteiger charge is -2.16. The van der Waals surface area contributed by atoms with E-state index in [0.29, 0.717) is 0 Å². The summed E-state index contributed by atoms with van der Waals surface area (Å²) in [6.07, 6.45) is 0. The second-order valence-corrected chi connectivity index (χ2v) is 3.19. The molecule has 0 aromatic heterocycles.